The Morgan fingerprint density at radius 3 is 2.05 bits per heavy atom. The van der Waals surface area contributed by atoms with Crippen LogP contribution in [0.4, 0.5) is 5.69 Å². The number of halogens is 3. The van der Waals surface area contributed by atoms with E-state index in [9.17, 15) is 18.0 Å². The summed E-state index contributed by atoms with van der Waals surface area (Å²) in [5, 5.41) is 3.64. The van der Waals surface area contributed by atoms with Crippen molar-refractivity contribution in [2.75, 3.05) is 17.9 Å². The average molecular weight is 673 g/mol. The second kappa shape index (κ2) is 14.5. The normalized spacial score (nSPS) is 12.0. The molecule has 0 fully saturated rings. The van der Waals surface area contributed by atoms with E-state index in [1.54, 1.807) is 36.4 Å². The predicted octanol–water partition coefficient (Wildman–Crippen LogP) is 6.85. The Morgan fingerprint density at radius 1 is 0.818 bits per heavy atom. The van der Waals surface area contributed by atoms with Gasteiger partial charge in [0.05, 0.1) is 10.6 Å². The van der Waals surface area contributed by atoms with Crippen molar-refractivity contribution in [1.82, 2.24) is 10.2 Å². The molecule has 1 atom stereocenters. The van der Waals surface area contributed by atoms with Gasteiger partial charge in [-0.05, 0) is 79.1 Å². The summed E-state index contributed by atoms with van der Waals surface area (Å²) in [4.78, 5) is 29.1. The minimum Gasteiger partial charge on any atom is -0.357 e. The Bertz CT molecular complexity index is 1730. The predicted molar refractivity (Wildman–Crippen MR) is 177 cm³/mol. The summed E-state index contributed by atoms with van der Waals surface area (Å²) in [6.45, 7) is 3.04. The molecule has 4 aromatic carbocycles. The molecule has 0 aromatic heterocycles. The van der Waals surface area contributed by atoms with Gasteiger partial charge in [0.15, 0.2) is 0 Å². The summed E-state index contributed by atoms with van der Waals surface area (Å²) in [6.07, 6.45) is 0.169. The van der Waals surface area contributed by atoms with Crippen molar-refractivity contribution in [3.05, 3.63) is 128 Å². The van der Waals surface area contributed by atoms with Crippen LogP contribution in [-0.4, -0.2) is 44.8 Å². The molecule has 230 valence electrons. The highest BCUT2D eigenvalue weighted by atomic mass is 35.5. The first-order valence-corrected chi connectivity index (χ1v) is 16.3. The van der Waals surface area contributed by atoms with E-state index in [-0.39, 0.29) is 17.9 Å². The van der Waals surface area contributed by atoms with Crippen molar-refractivity contribution in [2.45, 2.75) is 37.8 Å². The molecule has 0 radical (unpaired) electrons. The molecule has 1 N–H and O–H groups in total. The number of likely N-dealkylation sites (N-methyl/N-ethyl adjacent to an activating group) is 1. The van der Waals surface area contributed by atoms with Gasteiger partial charge < -0.3 is 10.2 Å². The van der Waals surface area contributed by atoms with Gasteiger partial charge in [-0.2, -0.15) is 0 Å². The van der Waals surface area contributed by atoms with Gasteiger partial charge in [-0.25, -0.2) is 8.42 Å². The van der Waals surface area contributed by atoms with E-state index in [1.807, 2.05) is 44.2 Å². The molecule has 4 rings (SSSR count). The van der Waals surface area contributed by atoms with E-state index >= 15 is 0 Å². The molecule has 0 saturated heterocycles. The van der Waals surface area contributed by atoms with Crippen LogP contribution in [0, 0.1) is 13.8 Å². The molecule has 0 aliphatic carbocycles. The average Bonchev–Trinajstić information content (AvgIpc) is 3.00. The monoisotopic (exact) mass is 671 g/mol. The number of anilines is 1. The molecule has 0 bridgehead atoms. The first kappa shape index (κ1) is 33.3. The molecular weight excluding hydrogens is 641 g/mol. The summed E-state index contributed by atoms with van der Waals surface area (Å²) in [5.41, 5.74) is 3.35. The first-order valence-electron chi connectivity index (χ1n) is 13.8. The lowest BCUT2D eigenvalue weighted by Crippen LogP contribution is -2.53. The van der Waals surface area contributed by atoms with Gasteiger partial charge in [-0.1, -0.05) is 77.3 Å². The van der Waals surface area contributed by atoms with Crippen LogP contribution in [-0.2, 0) is 32.6 Å². The van der Waals surface area contributed by atoms with Crippen LogP contribution in [0.2, 0.25) is 15.1 Å². The third-order valence-electron chi connectivity index (χ3n) is 7.37. The second-order valence-electron chi connectivity index (χ2n) is 10.3. The van der Waals surface area contributed by atoms with Crippen molar-refractivity contribution in [3.8, 4) is 0 Å². The zero-order valence-electron chi connectivity index (χ0n) is 24.4. The number of benzene rings is 4. The molecule has 2 amide bonds. The van der Waals surface area contributed by atoms with Crippen LogP contribution >= 0.6 is 34.8 Å². The first-order chi connectivity index (χ1) is 20.9. The van der Waals surface area contributed by atoms with E-state index < -0.39 is 34.4 Å². The minimum atomic E-state index is -4.25. The van der Waals surface area contributed by atoms with Crippen LogP contribution in [0.1, 0.15) is 22.3 Å². The van der Waals surface area contributed by atoms with Gasteiger partial charge in [0, 0.05) is 40.6 Å². The Kier molecular flexibility index (Phi) is 11.0. The van der Waals surface area contributed by atoms with Gasteiger partial charge in [0.1, 0.15) is 12.6 Å². The number of amides is 2. The number of rotatable bonds is 11. The zero-order valence-corrected chi connectivity index (χ0v) is 27.5. The third kappa shape index (κ3) is 7.74. The van der Waals surface area contributed by atoms with Gasteiger partial charge in [0.25, 0.3) is 10.0 Å². The molecule has 11 heteroatoms. The van der Waals surface area contributed by atoms with E-state index in [1.165, 1.54) is 36.2 Å². The summed E-state index contributed by atoms with van der Waals surface area (Å²) in [7, 11) is -2.77. The van der Waals surface area contributed by atoms with Crippen molar-refractivity contribution in [2.24, 2.45) is 0 Å². The summed E-state index contributed by atoms with van der Waals surface area (Å²) < 4.78 is 29.3. The Balaban J connectivity index is 1.84. The van der Waals surface area contributed by atoms with Crippen LogP contribution in [0.3, 0.4) is 0 Å². The molecule has 0 aliphatic rings. The van der Waals surface area contributed by atoms with Crippen LogP contribution in [0.5, 0.6) is 0 Å². The molecular formula is C33H32Cl3N3O4S. The molecule has 0 heterocycles. The number of nitrogens with zero attached hydrogens (tertiary/aromatic N) is 2. The van der Waals surface area contributed by atoms with Crippen LogP contribution in [0.25, 0.3) is 0 Å². The Morgan fingerprint density at radius 2 is 1.45 bits per heavy atom. The molecule has 7 nitrogen and oxygen atoms in total. The number of sulfonamides is 1. The summed E-state index contributed by atoms with van der Waals surface area (Å²) >= 11 is 19.1. The lowest BCUT2D eigenvalue weighted by Gasteiger charge is -2.34. The number of nitrogens with one attached hydrogen (secondary N) is 1. The fourth-order valence-corrected chi connectivity index (χ4v) is 6.77. The maximum Gasteiger partial charge on any atom is 0.264 e. The molecule has 1 unspecified atom stereocenters. The molecule has 44 heavy (non-hydrogen) atoms. The molecule has 0 saturated carbocycles. The number of aryl methyl sites for hydroxylation is 2. The largest absolute Gasteiger partial charge is 0.357 e. The third-order valence-corrected chi connectivity index (χ3v) is 10.1. The number of hydrogen-bond acceptors (Lipinski definition) is 4. The summed E-state index contributed by atoms with van der Waals surface area (Å²) in [6, 6.07) is 24.1. The van der Waals surface area contributed by atoms with Gasteiger partial charge in [-0.15, -0.1) is 0 Å². The van der Waals surface area contributed by atoms with E-state index in [4.69, 9.17) is 34.8 Å². The fourth-order valence-electron chi connectivity index (χ4n) is 4.72. The fraction of sp³-hybridized carbons (Fsp3) is 0.212. The smallest absolute Gasteiger partial charge is 0.264 e. The van der Waals surface area contributed by atoms with Crippen molar-refractivity contribution >= 4 is 62.3 Å². The SMILES string of the molecule is CNC(=O)C(Cc1ccccc1)N(Cc1c(Cl)cccc1Cl)C(=O)CN(c1ccc(C)c(C)c1)S(=O)(=O)c1ccc(Cl)cc1. The number of carbonyl (C=O) groups excluding carboxylic acids is 2. The topological polar surface area (TPSA) is 86.8 Å². The minimum absolute atomic E-state index is 0.0410. The zero-order chi connectivity index (χ0) is 32.0. The maximum atomic E-state index is 14.4. The highest BCUT2D eigenvalue weighted by molar-refractivity contribution is 7.92. The number of hydrogen-bond donors (Lipinski definition) is 1. The van der Waals surface area contributed by atoms with Gasteiger partial charge >= 0.3 is 0 Å². The standard InChI is InChI=1S/C33H32Cl3N3O4S/c1-22-12-15-26(18-23(22)2)39(44(42,43)27-16-13-25(34)14-17-27)21-32(40)38(20-28-29(35)10-7-11-30(28)36)31(33(41)37-3)19-24-8-5-4-6-9-24/h4-18,31H,19-21H2,1-3H3,(H,37,41). The Hall–Kier alpha value is -3.56. The van der Waals surface area contributed by atoms with Crippen molar-refractivity contribution in [3.63, 3.8) is 0 Å². The highest BCUT2D eigenvalue weighted by Crippen LogP contribution is 2.30. The van der Waals surface area contributed by atoms with Crippen molar-refractivity contribution < 1.29 is 18.0 Å². The highest BCUT2D eigenvalue weighted by Gasteiger charge is 2.35. The lowest BCUT2D eigenvalue weighted by molar-refractivity contribution is -0.139. The van der Waals surface area contributed by atoms with Crippen molar-refractivity contribution in [1.29, 1.82) is 0 Å². The Labute approximate surface area is 273 Å². The maximum absolute atomic E-state index is 14.4. The van der Waals surface area contributed by atoms with E-state index in [0.29, 0.717) is 26.3 Å². The van der Waals surface area contributed by atoms with E-state index in [2.05, 4.69) is 5.32 Å². The van der Waals surface area contributed by atoms with Crippen LogP contribution < -0.4 is 9.62 Å². The number of carbonyl (C=O) groups is 2. The molecule has 0 spiro atoms. The molecule has 4 aromatic rings. The quantitative estimate of drug-likeness (QED) is 0.189. The molecule has 0 aliphatic heterocycles. The van der Waals surface area contributed by atoms with E-state index in [0.717, 1.165) is 21.0 Å². The summed E-state index contributed by atoms with van der Waals surface area (Å²) in [5.74, 6) is -1.05. The van der Waals surface area contributed by atoms with Gasteiger partial charge in [0.2, 0.25) is 11.8 Å². The van der Waals surface area contributed by atoms with Crippen LogP contribution in [0.15, 0.2) is 95.9 Å². The second-order valence-corrected chi connectivity index (χ2v) is 13.4. The lowest BCUT2D eigenvalue weighted by atomic mass is 10.0. The van der Waals surface area contributed by atoms with Gasteiger partial charge in [-0.3, -0.25) is 13.9 Å².